The van der Waals surface area contributed by atoms with Crippen LogP contribution in [0.15, 0.2) is 51.7 Å². The Morgan fingerprint density at radius 3 is 2.73 bits per heavy atom. The van der Waals surface area contributed by atoms with Gasteiger partial charge in [0.2, 0.25) is 21.1 Å². The summed E-state index contributed by atoms with van der Waals surface area (Å²) < 4.78 is 29.1. The van der Waals surface area contributed by atoms with Crippen LogP contribution in [-0.2, 0) is 14.8 Å². The van der Waals surface area contributed by atoms with Crippen molar-refractivity contribution in [3.63, 3.8) is 0 Å². The van der Waals surface area contributed by atoms with Crippen LogP contribution in [0.3, 0.4) is 0 Å². The fourth-order valence-electron chi connectivity index (χ4n) is 2.49. The van der Waals surface area contributed by atoms with Crippen molar-refractivity contribution >= 4 is 55.5 Å². The molecule has 0 aliphatic carbocycles. The van der Waals surface area contributed by atoms with Crippen molar-refractivity contribution < 1.29 is 17.9 Å². The van der Waals surface area contributed by atoms with Gasteiger partial charge < -0.3 is 15.4 Å². The lowest BCUT2D eigenvalue weighted by Crippen LogP contribution is -2.17. The summed E-state index contributed by atoms with van der Waals surface area (Å²) in [6.07, 6.45) is 0. The van der Waals surface area contributed by atoms with E-state index in [-0.39, 0.29) is 16.6 Å². The van der Waals surface area contributed by atoms with Crippen LogP contribution in [0.25, 0.3) is 0 Å². The number of para-hydroxylation sites is 2. The Balaban J connectivity index is 1.58. The lowest BCUT2D eigenvalue weighted by atomic mass is 10.2. The van der Waals surface area contributed by atoms with Crippen LogP contribution < -0.4 is 20.5 Å². The quantitative estimate of drug-likeness (QED) is 0.432. The maximum atomic E-state index is 12.2. The molecular weight excluding hydrogens is 446 g/mol. The number of amides is 1. The van der Waals surface area contributed by atoms with E-state index in [0.717, 1.165) is 5.69 Å². The van der Waals surface area contributed by atoms with Crippen molar-refractivity contribution in [3.8, 4) is 5.75 Å². The molecule has 3 aromatic rings. The number of primary sulfonamides is 1. The molecule has 4 N–H and O–H groups in total. The number of nitrogens with one attached hydrogen (secondary N) is 2. The van der Waals surface area contributed by atoms with Crippen LogP contribution in [-0.4, -0.2) is 37.4 Å². The molecule has 3 rings (SSSR count). The minimum atomic E-state index is -3.86. The molecule has 0 spiro atoms. The molecule has 1 heterocycles. The number of sulfonamides is 1. The number of nitrogens with two attached hydrogens (primary N) is 1. The molecule has 0 aliphatic rings. The van der Waals surface area contributed by atoms with Crippen molar-refractivity contribution in [1.82, 2.24) is 10.2 Å². The lowest BCUT2D eigenvalue weighted by molar-refractivity contribution is -0.113. The second-order valence-electron chi connectivity index (χ2n) is 6.06. The molecule has 0 aliphatic heterocycles. The number of hydrogen-bond donors (Lipinski definition) is 3. The summed E-state index contributed by atoms with van der Waals surface area (Å²) in [6.45, 7) is 1.63. The number of hydrogen-bond acceptors (Lipinski definition) is 9. The van der Waals surface area contributed by atoms with Gasteiger partial charge in [-0.2, -0.15) is 0 Å². The van der Waals surface area contributed by atoms with E-state index in [4.69, 9.17) is 9.88 Å². The second kappa shape index (κ2) is 9.43. The smallest absolute Gasteiger partial charge is 0.238 e. The molecule has 0 fully saturated rings. The first-order valence-corrected chi connectivity index (χ1v) is 11.9. The summed E-state index contributed by atoms with van der Waals surface area (Å²) in [5, 5.41) is 19.7. The number of ether oxygens (including phenoxy) is 1. The Bertz CT molecular complexity index is 1160. The van der Waals surface area contributed by atoms with Crippen molar-refractivity contribution in [3.05, 3.63) is 48.0 Å². The number of aryl methyl sites for hydroxylation is 1. The Kier molecular flexibility index (Phi) is 6.92. The fraction of sp³-hybridized carbons (Fsp3) is 0.167. The Morgan fingerprint density at radius 2 is 2.00 bits per heavy atom. The average molecular weight is 466 g/mol. The lowest BCUT2D eigenvalue weighted by Gasteiger charge is -2.08. The molecule has 1 amide bonds. The first kappa shape index (κ1) is 22.0. The Morgan fingerprint density at radius 1 is 1.23 bits per heavy atom. The van der Waals surface area contributed by atoms with Gasteiger partial charge in [0, 0.05) is 5.69 Å². The monoisotopic (exact) mass is 465 g/mol. The third kappa shape index (κ3) is 5.69. The highest BCUT2D eigenvalue weighted by atomic mass is 32.2. The molecule has 0 atom stereocenters. The minimum Gasteiger partial charge on any atom is -0.495 e. The third-order valence-electron chi connectivity index (χ3n) is 3.86. The molecule has 1 aromatic heterocycles. The first-order chi connectivity index (χ1) is 14.3. The topological polar surface area (TPSA) is 136 Å². The molecule has 30 heavy (non-hydrogen) atoms. The van der Waals surface area contributed by atoms with Crippen LogP contribution in [0.4, 0.5) is 16.5 Å². The van der Waals surface area contributed by atoms with E-state index < -0.39 is 10.0 Å². The molecule has 158 valence electrons. The molecule has 0 saturated heterocycles. The number of aromatic nitrogens is 2. The highest BCUT2D eigenvalue weighted by Gasteiger charge is 2.14. The number of methoxy groups -OCH3 is 1. The zero-order valence-electron chi connectivity index (χ0n) is 16.1. The number of carbonyl (C=O) groups excluding carboxylic acids is 1. The van der Waals surface area contributed by atoms with E-state index in [1.54, 1.807) is 26.2 Å². The van der Waals surface area contributed by atoms with Crippen molar-refractivity contribution in [2.24, 2.45) is 5.14 Å². The van der Waals surface area contributed by atoms with Gasteiger partial charge in [-0.05, 0) is 36.8 Å². The van der Waals surface area contributed by atoms with Gasteiger partial charge in [-0.1, -0.05) is 41.3 Å². The van der Waals surface area contributed by atoms with Crippen molar-refractivity contribution in [1.29, 1.82) is 0 Å². The summed E-state index contributed by atoms with van der Waals surface area (Å²) in [4.78, 5) is 12.2. The van der Waals surface area contributed by atoms with Gasteiger partial charge >= 0.3 is 0 Å². The Labute approximate surface area is 182 Å². The number of carbonyl (C=O) groups is 1. The molecule has 0 saturated carbocycles. The van der Waals surface area contributed by atoms with Gasteiger partial charge in [0.1, 0.15) is 5.75 Å². The van der Waals surface area contributed by atoms with Gasteiger partial charge in [0.15, 0.2) is 4.34 Å². The normalized spacial score (nSPS) is 11.2. The number of anilines is 3. The standard InChI is InChI=1S/C18H19N5O4S3/c1-11-7-8-12(9-15(11)30(19,25)26)20-16(24)10-28-18-23-22-17(29-18)21-13-5-3-4-6-14(13)27-2/h3-9H,10H2,1-2H3,(H,20,24)(H,21,22)(H2,19,25,26). The molecule has 12 heteroatoms. The predicted molar refractivity (Wildman–Crippen MR) is 118 cm³/mol. The van der Waals surface area contributed by atoms with Crippen LogP contribution in [0.2, 0.25) is 0 Å². The largest absolute Gasteiger partial charge is 0.495 e. The van der Waals surface area contributed by atoms with E-state index in [9.17, 15) is 13.2 Å². The van der Waals surface area contributed by atoms with Crippen molar-refractivity contribution in [2.45, 2.75) is 16.2 Å². The molecule has 0 bridgehead atoms. The third-order valence-corrected chi connectivity index (χ3v) is 6.89. The van der Waals surface area contributed by atoms with Crippen LogP contribution in [0, 0.1) is 6.92 Å². The summed E-state index contributed by atoms with van der Waals surface area (Å²) in [5.74, 6) is 0.457. The predicted octanol–water partition coefficient (Wildman–Crippen LogP) is 2.98. The number of rotatable bonds is 8. The number of nitrogens with zero attached hydrogens (tertiary/aromatic N) is 2. The van der Waals surface area contributed by atoms with E-state index in [0.29, 0.717) is 26.5 Å². The zero-order valence-corrected chi connectivity index (χ0v) is 18.5. The summed E-state index contributed by atoms with van der Waals surface area (Å²) in [7, 11) is -2.28. The van der Waals surface area contributed by atoms with E-state index in [1.165, 1.54) is 29.2 Å². The highest BCUT2D eigenvalue weighted by Crippen LogP contribution is 2.31. The second-order valence-corrected chi connectivity index (χ2v) is 9.79. The summed E-state index contributed by atoms with van der Waals surface area (Å²) in [6, 6.07) is 12.0. The summed E-state index contributed by atoms with van der Waals surface area (Å²) in [5.41, 5.74) is 1.62. The van der Waals surface area contributed by atoms with E-state index in [1.807, 2.05) is 24.3 Å². The van der Waals surface area contributed by atoms with Crippen LogP contribution in [0.5, 0.6) is 5.75 Å². The zero-order chi connectivity index (χ0) is 21.7. The molecule has 0 radical (unpaired) electrons. The molecule has 0 unspecified atom stereocenters. The first-order valence-electron chi connectivity index (χ1n) is 8.56. The SMILES string of the molecule is COc1ccccc1Nc1nnc(SCC(=O)Nc2ccc(C)c(S(N)(=O)=O)c2)s1. The average Bonchev–Trinajstić information content (AvgIpc) is 3.15. The minimum absolute atomic E-state index is 0.0240. The van der Waals surface area contributed by atoms with Gasteiger partial charge in [-0.15, -0.1) is 10.2 Å². The maximum Gasteiger partial charge on any atom is 0.238 e. The van der Waals surface area contributed by atoms with Crippen molar-refractivity contribution in [2.75, 3.05) is 23.5 Å². The number of benzene rings is 2. The van der Waals surface area contributed by atoms with E-state index in [2.05, 4.69) is 20.8 Å². The van der Waals surface area contributed by atoms with Gasteiger partial charge in [-0.3, -0.25) is 4.79 Å². The van der Waals surface area contributed by atoms with Gasteiger partial charge in [-0.25, -0.2) is 13.6 Å². The molecular formula is C18H19N5O4S3. The van der Waals surface area contributed by atoms with Gasteiger partial charge in [0.25, 0.3) is 0 Å². The maximum absolute atomic E-state index is 12.2. The summed E-state index contributed by atoms with van der Waals surface area (Å²) >= 11 is 2.52. The fourth-order valence-corrected chi connectivity index (χ4v) is 4.86. The number of thioether (sulfide) groups is 1. The molecule has 2 aromatic carbocycles. The van der Waals surface area contributed by atoms with Gasteiger partial charge in [0.05, 0.1) is 23.4 Å². The molecule has 9 nitrogen and oxygen atoms in total. The highest BCUT2D eigenvalue weighted by molar-refractivity contribution is 8.01. The van der Waals surface area contributed by atoms with Crippen LogP contribution in [0.1, 0.15) is 5.56 Å². The van der Waals surface area contributed by atoms with Crippen LogP contribution >= 0.6 is 23.1 Å². The van der Waals surface area contributed by atoms with E-state index >= 15 is 0 Å². The Hall–Kier alpha value is -2.67.